The predicted octanol–water partition coefficient (Wildman–Crippen LogP) is 2.05. The Labute approximate surface area is 102 Å². The zero-order valence-corrected chi connectivity index (χ0v) is 9.61. The van der Waals surface area contributed by atoms with Crippen LogP contribution in [0.3, 0.4) is 0 Å². The number of fused-ring (bicyclic) bond motifs is 1. The SMILES string of the molecule is Cc1cc(-c2nc(N)nc3[nH]ncc23)ccc1F. The molecule has 18 heavy (non-hydrogen) atoms. The molecule has 2 heterocycles. The van der Waals surface area contributed by atoms with E-state index in [2.05, 4.69) is 20.2 Å². The minimum atomic E-state index is -0.246. The molecule has 0 aliphatic carbocycles. The summed E-state index contributed by atoms with van der Waals surface area (Å²) in [6.45, 7) is 1.70. The minimum absolute atomic E-state index is 0.156. The zero-order chi connectivity index (χ0) is 12.7. The van der Waals surface area contributed by atoms with Gasteiger partial charge in [-0.05, 0) is 30.7 Å². The molecule has 0 atom stereocenters. The number of rotatable bonds is 1. The Kier molecular flexibility index (Phi) is 2.22. The number of halogens is 1. The second-order valence-corrected chi connectivity index (χ2v) is 4.03. The van der Waals surface area contributed by atoms with Crippen molar-refractivity contribution < 1.29 is 4.39 Å². The third-order valence-corrected chi connectivity index (χ3v) is 2.76. The molecule has 5 nitrogen and oxygen atoms in total. The maximum atomic E-state index is 13.3. The van der Waals surface area contributed by atoms with Gasteiger partial charge in [0.05, 0.1) is 17.3 Å². The van der Waals surface area contributed by atoms with Crippen molar-refractivity contribution in [3.05, 3.63) is 35.8 Å². The molecular formula is C12H10FN5. The first kappa shape index (κ1) is 10.6. The van der Waals surface area contributed by atoms with Gasteiger partial charge in [0, 0.05) is 5.56 Å². The number of benzene rings is 1. The third-order valence-electron chi connectivity index (χ3n) is 2.76. The van der Waals surface area contributed by atoms with Gasteiger partial charge in [-0.15, -0.1) is 0 Å². The van der Waals surface area contributed by atoms with E-state index in [0.29, 0.717) is 16.9 Å². The summed E-state index contributed by atoms with van der Waals surface area (Å²) >= 11 is 0. The topological polar surface area (TPSA) is 80.5 Å². The molecule has 1 aromatic carbocycles. The summed E-state index contributed by atoms with van der Waals surface area (Å²) in [6.07, 6.45) is 1.63. The molecule has 0 fully saturated rings. The van der Waals surface area contributed by atoms with E-state index in [4.69, 9.17) is 5.73 Å². The maximum absolute atomic E-state index is 13.3. The van der Waals surface area contributed by atoms with Crippen LogP contribution in [-0.4, -0.2) is 20.2 Å². The van der Waals surface area contributed by atoms with Gasteiger partial charge < -0.3 is 5.73 Å². The van der Waals surface area contributed by atoms with E-state index in [1.165, 1.54) is 6.07 Å². The lowest BCUT2D eigenvalue weighted by Crippen LogP contribution is -1.97. The van der Waals surface area contributed by atoms with Crippen LogP contribution in [0.25, 0.3) is 22.3 Å². The van der Waals surface area contributed by atoms with E-state index in [9.17, 15) is 4.39 Å². The summed E-state index contributed by atoms with van der Waals surface area (Å²) in [5, 5.41) is 7.41. The van der Waals surface area contributed by atoms with Crippen molar-refractivity contribution >= 4 is 17.0 Å². The van der Waals surface area contributed by atoms with E-state index in [1.54, 1.807) is 25.3 Å². The average Bonchev–Trinajstić information content (AvgIpc) is 2.79. The highest BCUT2D eigenvalue weighted by Gasteiger charge is 2.11. The van der Waals surface area contributed by atoms with E-state index < -0.39 is 0 Å². The number of nitrogens with one attached hydrogen (secondary N) is 1. The van der Waals surface area contributed by atoms with Crippen LogP contribution in [0.4, 0.5) is 10.3 Å². The molecule has 0 radical (unpaired) electrons. The van der Waals surface area contributed by atoms with Gasteiger partial charge in [-0.3, -0.25) is 5.10 Å². The van der Waals surface area contributed by atoms with Gasteiger partial charge in [-0.1, -0.05) is 0 Å². The van der Waals surface area contributed by atoms with E-state index in [0.717, 1.165) is 10.9 Å². The van der Waals surface area contributed by atoms with Crippen LogP contribution in [0.15, 0.2) is 24.4 Å². The molecule has 0 bridgehead atoms. The van der Waals surface area contributed by atoms with Crippen molar-refractivity contribution in [2.75, 3.05) is 5.73 Å². The van der Waals surface area contributed by atoms with Crippen LogP contribution in [0.5, 0.6) is 0 Å². The molecule has 0 unspecified atom stereocenters. The van der Waals surface area contributed by atoms with Crippen LogP contribution >= 0.6 is 0 Å². The number of nitrogens with two attached hydrogens (primary N) is 1. The number of hydrogen-bond donors (Lipinski definition) is 2. The molecule has 0 aliphatic rings. The van der Waals surface area contributed by atoms with Crippen LogP contribution in [0, 0.1) is 12.7 Å². The number of nitrogens with zero attached hydrogens (tertiary/aromatic N) is 3. The third kappa shape index (κ3) is 1.58. The number of aromatic amines is 1. The molecule has 0 saturated carbocycles. The van der Waals surface area contributed by atoms with E-state index in [-0.39, 0.29) is 11.8 Å². The Morgan fingerprint density at radius 2 is 2.11 bits per heavy atom. The summed E-state index contributed by atoms with van der Waals surface area (Å²) in [7, 11) is 0. The molecule has 3 N–H and O–H groups in total. The molecule has 0 amide bonds. The lowest BCUT2D eigenvalue weighted by atomic mass is 10.1. The minimum Gasteiger partial charge on any atom is -0.368 e. The van der Waals surface area contributed by atoms with Crippen molar-refractivity contribution in [1.29, 1.82) is 0 Å². The van der Waals surface area contributed by atoms with Gasteiger partial charge in [-0.25, -0.2) is 9.37 Å². The molecule has 90 valence electrons. The van der Waals surface area contributed by atoms with Crippen LogP contribution in [0.2, 0.25) is 0 Å². The molecule has 2 aromatic heterocycles. The first-order chi connectivity index (χ1) is 8.65. The second-order valence-electron chi connectivity index (χ2n) is 4.03. The summed E-state index contributed by atoms with van der Waals surface area (Å²) in [5.74, 6) is -0.0899. The number of nitrogen functional groups attached to an aromatic ring is 1. The van der Waals surface area contributed by atoms with Gasteiger partial charge in [0.2, 0.25) is 5.95 Å². The van der Waals surface area contributed by atoms with Gasteiger partial charge >= 0.3 is 0 Å². The first-order valence-electron chi connectivity index (χ1n) is 5.38. The standard InChI is InChI=1S/C12H10FN5/c1-6-4-7(2-3-9(6)13)10-8-5-15-18-11(8)17-12(14)16-10/h2-5H,1H3,(H3,14,15,16,17,18). The van der Waals surface area contributed by atoms with Crippen molar-refractivity contribution in [2.24, 2.45) is 0 Å². The number of aryl methyl sites for hydroxylation is 1. The Balaban J connectivity index is 2.30. The highest BCUT2D eigenvalue weighted by molar-refractivity contribution is 5.90. The molecule has 6 heteroatoms. The Morgan fingerprint density at radius 1 is 1.28 bits per heavy atom. The first-order valence-corrected chi connectivity index (χ1v) is 5.38. The van der Waals surface area contributed by atoms with Gasteiger partial charge in [0.1, 0.15) is 5.82 Å². The summed E-state index contributed by atoms with van der Waals surface area (Å²) in [4.78, 5) is 8.24. The van der Waals surface area contributed by atoms with Gasteiger partial charge in [0.15, 0.2) is 5.65 Å². The number of H-pyrrole nitrogens is 1. The molecule has 3 rings (SSSR count). The van der Waals surface area contributed by atoms with Gasteiger partial charge in [0.25, 0.3) is 0 Å². The molecule has 3 aromatic rings. The van der Waals surface area contributed by atoms with Crippen LogP contribution in [-0.2, 0) is 0 Å². The number of aromatic nitrogens is 4. The summed E-state index contributed by atoms with van der Waals surface area (Å²) in [5.41, 5.74) is 8.20. The lowest BCUT2D eigenvalue weighted by Gasteiger charge is -2.05. The monoisotopic (exact) mass is 243 g/mol. The Hall–Kier alpha value is -2.50. The fourth-order valence-electron chi connectivity index (χ4n) is 1.86. The predicted molar refractivity (Wildman–Crippen MR) is 66.2 cm³/mol. The largest absolute Gasteiger partial charge is 0.368 e. The average molecular weight is 243 g/mol. The van der Waals surface area contributed by atoms with E-state index >= 15 is 0 Å². The molecule has 0 aliphatic heterocycles. The zero-order valence-electron chi connectivity index (χ0n) is 9.61. The van der Waals surface area contributed by atoms with Crippen molar-refractivity contribution in [1.82, 2.24) is 20.2 Å². The Bertz CT molecular complexity index is 734. The summed E-state index contributed by atoms with van der Waals surface area (Å²) in [6, 6.07) is 4.80. The van der Waals surface area contributed by atoms with E-state index in [1.807, 2.05) is 0 Å². The second kappa shape index (κ2) is 3.76. The molecule has 0 spiro atoms. The van der Waals surface area contributed by atoms with Crippen LogP contribution < -0.4 is 5.73 Å². The molecule has 0 saturated heterocycles. The van der Waals surface area contributed by atoms with Gasteiger partial charge in [-0.2, -0.15) is 10.1 Å². The highest BCUT2D eigenvalue weighted by Crippen LogP contribution is 2.26. The Morgan fingerprint density at radius 3 is 2.89 bits per heavy atom. The maximum Gasteiger partial charge on any atom is 0.222 e. The lowest BCUT2D eigenvalue weighted by molar-refractivity contribution is 0.619. The van der Waals surface area contributed by atoms with Crippen molar-refractivity contribution in [3.63, 3.8) is 0 Å². The summed E-state index contributed by atoms with van der Waals surface area (Å²) < 4.78 is 13.3. The quantitative estimate of drug-likeness (QED) is 0.685. The molecular weight excluding hydrogens is 233 g/mol. The van der Waals surface area contributed by atoms with Crippen molar-refractivity contribution in [2.45, 2.75) is 6.92 Å². The fraction of sp³-hybridized carbons (Fsp3) is 0.0833. The number of hydrogen-bond acceptors (Lipinski definition) is 4. The van der Waals surface area contributed by atoms with Crippen molar-refractivity contribution in [3.8, 4) is 11.3 Å². The van der Waals surface area contributed by atoms with Crippen LogP contribution in [0.1, 0.15) is 5.56 Å². The highest BCUT2D eigenvalue weighted by atomic mass is 19.1. The fourth-order valence-corrected chi connectivity index (χ4v) is 1.86. The number of anilines is 1. The smallest absolute Gasteiger partial charge is 0.222 e. The normalized spacial score (nSPS) is 11.0.